The molecule has 7 heteroatoms. The van der Waals surface area contributed by atoms with E-state index in [0.29, 0.717) is 24.0 Å². The SMILES string of the molecule is COC(=O)[C@H](CC1CCCCC1)NC(=O)c1cc(C2CCOCC2)nn1C. The maximum atomic E-state index is 12.8. The normalized spacial score (nSPS) is 20.2. The Morgan fingerprint density at radius 2 is 1.96 bits per heavy atom. The first-order valence-electron chi connectivity index (χ1n) is 10.1. The van der Waals surface area contributed by atoms with Crippen LogP contribution in [0.4, 0.5) is 0 Å². The molecule has 1 aliphatic heterocycles. The maximum Gasteiger partial charge on any atom is 0.328 e. The summed E-state index contributed by atoms with van der Waals surface area (Å²) in [6.07, 6.45) is 8.37. The molecule has 1 saturated heterocycles. The van der Waals surface area contributed by atoms with Crippen LogP contribution < -0.4 is 5.32 Å². The summed E-state index contributed by atoms with van der Waals surface area (Å²) in [5, 5.41) is 7.42. The first-order valence-corrected chi connectivity index (χ1v) is 10.1. The van der Waals surface area contributed by atoms with Gasteiger partial charge in [0.15, 0.2) is 0 Å². The van der Waals surface area contributed by atoms with Crippen molar-refractivity contribution in [1.29, 1.82) is 0 Å². The number of rotatable bonds is 6. The third kappa shape index (κ3) is 5.09. The smallest absolute Gasteiger partial charge is 0.328 e. The van der Waals surface area contributed by atoms with Gasteiger partial charge in [-0.1, -0.05) is 32.1 Å². The van der Waals surface area contributed by atoms with Crippen molar-refractivity contribution in [2.45, 2.75) is 63.3 Å². The molecule has 7 nitrogen and oxygen atoms in total. The topological polar surface area (TPSA) is 82.4 Å². The van der Waals surface area contributed by atoms with E-state index in [1.165, 1.54) is 26.4 Å². The summed E-state index contributed by atoms with van der Waals surface area (Å²) in [7, 11) is 3.14. The fourth-order valence-electron chi connectivity index (χ4n) is 4.24. The van der Waals surface area contributed by atoms with Crippen molar-refractivity contribution in [2.24, 2.45) is 13.0 Å². The number of ether oxygens (including phenoxy) is 2. The van der Waals surface area contributed by atoms with Gasteiger partial charge in [0.1, 0.15) is 11.7 Å². The summed E-state index contributed by atoms with van der Waals surface area (Å²) >= 11 is 0. The molecule has 27 heavy (non-hydrogen) atoms. The van der Waals surface area contributed by atoms with E-state index in [1.807, 2.05) is 6.07 Å². The van der Waals surface area contributed by atoms with Gasteiger partial charge in [-0.25, -0.2) is 4.79 Å². The predicted octanol–water partition coefficient (Wildman–Crippen LogP) is 2.56. The number of carbonyl (C=O) groups excluding carboxylic acids is 2. The largest absolute Gasteiger partial charge is 0.467 e. The van der Waals surface area contributed by atoms with Crippen molar-refractivity contribution in [3.05, 3.63) is 17.5 Å². The summed E-state index contributed by atoms with van der Waals surface area (Å²) in [6, 6.07) is 1.24. The molecule has 0 radical (unpaired) electrons. The Labute approximate surface area is 160 Å². The lowest BCUT2D eigenvalue weighted by atomic mass is 9.85. The lowest BCUT2D eigenvalue weighted by Gasteiger charge is -2.25. The van der Waals surface area contributed by atoms with Crippen molar-refractivity contribution in [3.8, 4) is 0 Å². The Bertz CT molecular complexity index is 646. The second kappa shape index (κ2) is 9.35. The molecule has 0 spiro atoms. The highest BCUT2D eigenvalue weighted by Crippen LogP contribution is 2.28. The highest BCUT2D eigenvalue weighted by atomic mass is 16.5. The van der Waals surface area contributed by atoms with E-state index < -0.39 is 6.04 Å². The average molecular weight is 377 g/mol. The minimum atomic E-state index is -0.605. The molecule has 3 rings (SSSR count). The van der Waals surface area contributed by atoms with Crippen molar-refractivity contribution in [2.75, 3.05) is 20.3 Å². The number of nitrogens with one attached hydrogen (secondary N) is 1. The van der Waals surface area contributed by atoms with Gasteiger partial charge in [0.05, 0.1) is 12.8 Å². The minimum absolute atomic E-state index is 0.269. The molecule has 1 atom stereocenters. The van der Waals surface area contributed by atoms with Crippen LogP contribution >= 0.6 is 0 Å². The molecule has 0 aromatic carbocycles. The van der Waals surface area contributed by atoms with E-state index in [4.69, 9.17) is 9.47 Å². The highest BCUT2D eigenvalue weighted by Gasteiger charge is 2.28. The van der Waals surface area contributed by atoms with Crippen molar-refractivity contribution >= 4 is 11.9 Å². The Kier molecular flexibility index (Phi) is 6.88. The fraction of sp³-hybridized carbons (Fsp3) is 0.750. The lowest BCUT2D eigenvalue weighted by Crippen LogP contribution is -2.43. The van der Waals surface area contributed by atoms with E-state index in [-0.39, 0.29) is 11.9 Å². The van der Waals surface area contributed by atoms with Crippen LogP contribution in [0.5, 0.6) is 0 Å². The van der Waals surface area contributed by atoms with E-state index in [1.54, 1.807) is 11.7 Å². The molecule has 2 aliphatic rings. The van der Waals surface area contributed by atoms with E-state index in [2.05, 4.69) is 10.4 Å². The number of carbonyl (C=O) groups is 2. The van der Waals surface area contributed by atoms with Crippen molar-refractivity contribution in [3.63, 3.8) is 0 Å². The number of hydrogen-bond acceptors (Lipinski definition) is 5. The highest BCUT2D eigenvalue weighted by molar-refractivity contribution is 5.95. The molecule has 2 fully saturated rings. The van der Waals surface area contributed by atoms with E-state index >= 15 is 0 Å². The van der Waals surface area contributed by atoms with Gasteiger partial charge in [0.25, 0.3) is 5.91 Å². The molecule has 1 aliphatic carbocycles. The maximum absolute atomic E-state index is 12.8. The molecule has 2 heterocycles. The second-order valence-corrected chi connectivity index (χ2v) is 7.75. The molecule has 1 aromatic heterocycles. The number of methoxy groups -OCH3 is 1. The number of nitrogens with zero attached hydrogens (tertiary/aromatic N) is 2. The number of hydrogen-bond donors (Lipinski definition) is 1. The number of esters is 1. The van der Waals surface area contributed by atoms with Crippen molar-refractivity contribution in [1.82, 2.24) is 15.1 Å². The molecular formula is C20H31N3O4. The van der Waals surface area contributed by atoms with E-state index in [9.17, 15) is 9.59 Å². The van der Waals surface area contributed by atoms with Crippen LogP contribution in [0.15, 0.2) is 6.07 Å². The summed E-state index contributed by atoms with van der Waals surface area (Å²) < 4.78 is 11.9. The van der Waals surface area contributed by atoms with Crippen LogP contribution in [-0.4, -0.2) is 48.0 Å². The Hall–Kier alpha value is -1.89. The second-order valence-electron chi connectivity index (χ2n) is 7.75. The summed E-state index contributed by atoms with van der Waals surface area (Å²) in [4.78, 5) is 25.0. The molecular weight excluding hydrogens is 346 g/mol. The van der Waals surface area contributed by atoms with Crippen LogP contribution in [0.25, 0.3) is 0 Å². The molecule has 1 amide bonds. The molecule has 0 unspecified atom stereocenters. The monoisotopic (exact) mass is 377 g/mol. The third-order valence-corrected chi connectivity index (χ3v) is 5.86. The van der Waals surface area contributed by atoms with Gasteiger partial charge in [-0.2, -0.15) is 5.10 Å². The van der Waals surface area contributed by atoms with Gasteiger partial charge in [-0.3, -0.25) is 9.48 Å². The Morgan fingerprint density at radius 1 is 1.26 bits per heavy atom. The molecule has 1 saturated carbocycles. The Balaban J connectivity index is 1.67. The van der Waals surface area contributed by atoms with E-state index in [0.717, 1.165) is 44.6 Å². The molecule has 1 aromatic rings. The van der Waals surface area contributed by atoms with Crippen molar-refractivity contribution < 1.29 is 19.1 Å². The first kappa shape index (κ1) is 19.9. The van der Waals surface area contributed by atoms with Gasteiger partial charge >= 0.3 is 5.97 Å². The van der Waals surface area contributed by atoms with Gasteiger partial charge in [0, 0.05) is 26.2 Å². The number of aryl methyl sites for hydroxylation is 1. The van der Waals surface area contributed by atoms with Gasteiger partial charge in [-0.05, 0) is 31.2 Å². The van der Waals surface area contributed by atoms with Gasteiger partial charge in [0.2, 0.25) is 0 Å². The van der Waals surface area contributed by atoms with Crippen LogP contribution in [0, 0.1) is 5.92 Å². The predicted molar refractivity (Wildman–Crippen MR) is 100 cm³/mol. The summed E-state index contributed by atoms with van der Waals surface area (Å²) in [5.41, 5.74) is 1.40. The summed E-state index contributed by atoms with van der Waals surface area (Å²) in [5.74, 6) is 0.146. The van der Waals surface area contributed by atoms with Crippen LogP contribution in [-0.2, 0) is 21.3 Å². The van der Waals surface area contributed by atoms with Gasteiger partial charge in [-0.15, -0.1) is 0 Å². The summed E-state index contributed by atoms with van der Waals surface area (Å²) in [6.45, 7) is 1.46. The Morgan fingerprint density at radius 3 is 2.63 bits per heavy atom. The first-order chi connectivity index (χ1) is 13.1. The average Bonchev–Trinajstić information content (AvgIpc) is 3.10. The molecule has 0 bridgehead atoms. The lowest BCUT2D eigenvalue weighted by molar-refractivity contribution is -0.143. The zero-order valence-corrected chi connectivity index (χ0v) is 16.4. The van der Waals surface area contributed by atoms with Crippen LogP contribution in [0.3, 0.4) is 0 Å². The van der Waals surface area contributed by atoms with Crippen LogP contribution in [0.1, 0.15) is 73.5 Å². The fourth-order valence-corrected chi connectivity index (χ4v) is 4.24. The van der Waals surface area contributed by atoms with Crippen LogP contribution in [0.2, 0.25) is 0 Å². The number of amides is 1. The molecule has 150 valence electrons. The standard InChI is InChI=1S/C20H31N3O4/c1-23-18(13-16(22-23)15-8-10-27-11-9-15)19(24)21-17(20(25)26-2)12-14-6-4-3-5-7-14/h13-15,17H,3-12H2,1-2H3,(H,21,24)/t17-/m0/s1. The third-order valence-electron chi connectivity index (χ3n) is 5.86. The zero-order chi connectivity index (χ0) is 19.2. The number of aromatic nitrogens is 2. The quantitative estimate of drug-likeness (QED) is 0.771. The molecule has 1 N–H and O–H groups in total. The van der Waals surface area contributed by atoms with Gasteiger partial charge < -0.3 is 14.8 Å². The zero-order valence-electron chi connectivity index (χ0n) is 16.4. The minimum Gasteiger partial charge on any atom is -0.467 e.